The van der Waals surface area contributed by atoms with Gasteiger partial charge in [0.25, 0.3) is 0 Å². The van der Waals surface area contributed by atoms with Gasteiger partial charge in [0.05, 0.1) is 17.5 Å². The second-order valence-electron chi connectivity index (χ2n) is 3.97. The first-order chi connectivity index (χ1) is 9.31. The second-order valence-corrected chi connectivity index (χ2v) is 5.21. The molecule has 0 saturated heterocycles. The van der Waals surface area contributed by atoms with E-state index in [2.05, 4.69) is 15.0 Å². The number of hydrogen-bond acceptors (Lipinski definition) is 4. The van der Waals surface area contributed by atoms with Crippen LogP contribution in [-0.2, 0) is 6.54 Å². The Kier molecular flexibility index (Phi) is 3.43. The maximum atomic E-state index is 5.23. The predicted octanol–water partition coefficient (Wildman–Crippen LogP) is 3.38. The molecule has 2 aromatic heterocycles. The number of rotatable bonds is 3. The Morgan fingerprint density at radius 3 is 3.16 bits per heavy atom. The van der Waals surface area contributed by atoms with Gasteiger partial charge in [0, 0.05) is 17.3 Å². The van der Waals surface area contributed by atoms with Crippen LogP contribution in [-0.4, -0.2) is 9.49 Å². The number of aromatic nitrogens is 1. The lowest BCUT2D eigenvalue weighted by atomic mass is 10.2. The minimum atomic E-state index is 0.568. The Bertz CT molecular complexity index is 691. The molecular formula is C13H11N3OS2. The van der Waals surface area contributed by atoms with Crippen LogP contribution < -0.4 is 10.6 Å². The number of benzene rings is 1. The largest absolute Gasteiger partial charge is 0.467 e. The van der Waals surface area contributed by atoms with E-state index in [1.54, 1.807) is 6.26 Å². The zero-order valence-corrected chi connectivity index (χ0v) is 11.6. The number of nitrogens with one attached hydrogen (secondary N) is 2. The first kappa shape index (κ1) is 12.1. The molecule has 2 N–H and O–H groups in total. The van der Waals surface area contributed by atoms with Crippen LogP contribution in [0.15, 0.2) is 47.2 Å². The smallest absolute Gasteiger partial charge is 0.171 e. The van der Waals surface area contributed by atoms with Crippen LogP contribution in [0.1, 0.15) is 5.76 Å². The van der Waals surface area contributed by atoms with Crippen molar-refractivity contribution in [2.24, 2.45) is 0 Å². The first-order valence-corrected chi connectivity index (χ1v) is 6.91. The third-order valence-electron chi connectivity index (χ3n) is 2.61. The molecule has 96 valence electrons. The average Bonchev–Trinajstić information content (AvgIpc) is 3.07. The van der Waals surface area contributed by atoms with Crippen LogP contribution in [0.3, 0.4) is 0 Å². The summed E-state index contributed by atoms with van der Waals surface area (Å²) < 4.78 is 10.5. The van der Waals surface area contributed by atoms with Gasteiger partial charge in [-0.2, -0.15) is 4.37 Å². The molecule has 0 aliphatic heterocycles. The normalized spacial score (nSPS) is 10.5. The highest BCUT2D eigenvalue weighted by molar-refractivity contribution is 7.80. The van der Waals surface area contributed by atoms with Crippen molar-refractivity contribution >= 4 is 44.6 Å². The molecule has 0 spiro atoms. The van der Waals surface area contributed by atoms with Crippen molar-refractivity contribution in [2.75, 3.05) is 5.32 Å². The highest BCUT2D eigenvalue weighted by Gasteiger charge is 2.02. The van der Waals surface area contributed by atoms with E-state index in [0.29, 0.717) is 11.7 Å². The lowest BCUT2D eigenvalue weighted by Crippen LogP contribution is -2.27. The van der Waals surface area contributed by atoms with Gasteiger partial charge in [0.1, 0.15) is 5.76 Å². The van der Waals surface area contributed by atoms with E-state index in [9.17, 15) is 0 Å². The van der Waals surface area contributed by atoms with Gasteiger partial charge in [0.15, 0.2) is 5.11 Å². The second kappa shape index (κ2) is 5.38. The van der Waals surface area contributed by atoms with Crippen molar-refractivity contribution in [3.63, 3.8) is 0 Å². The Morgan fingerprint density at radius 1 is 1.37 bits per heavy atom. The maximum Gasteiger partial charge on any atom is 0.171 e. The van der Waals surface area contributed by atoms with Gasteiger partial charge in [-0.1, -0.05) is 0 Å². The van der Waals surface area contributed by atoms with Gasteiger partial charge >= 0.3 is 0 Å². The number of fused-ring (bicyclic) bond motifs is 1. The number of thiocarbonyl (C=S) groups is 1. The molecule has 0 radical (unpaired) electrons. The molecule has 3 aromatic rings. The molecule has 4 nitrogen and oxygen atoms in total. The number of furan rings is 1. The molecule has 0 atom stereocenters. The quantitative estimate of drug-likeness (QED) is 0.724. The molecule has 0 saturated carbocycles. The summed E-state index contributed by atoms with van der Waals surface area (Å²) in [5, 5.41) is 7.91. The van der Waals surface area contributed by atoms with Gasteiger partial charge in [-0.05, 0) is 54.1 Å². The number of anilines is 1. The molecule has 1 aromatic carbocycles. The maximum absolute atomic E-state index is 5.23. The highest BCUT2D eigenvalue weighted by atomic mass is 32.1. The van der Waals surface area contributed by atoms with Crippen LogP contribution in [0, 0.1) is 0 Å². The third kappa shape index (κ3) is 2.91. The molecule has 0 bridgehead atoms. The fourth-order valence-corrected chi connectivity index (χ4v) is 2.52. The van der Waals surface area contributed by atoms with Gasteiger partial charge in [-0.3, -0.25) is 0 Å². The van der Waals surface area contributed by atoms with Crippen LogP contribution in [0.2, 0.25) is 0 Å². The Morgan fingerprint density at radius 2 is 2.32 bits per heavy atom. The van der Waals surface area contributed by atoms with Crippen LogP contribution in [0.5, 0.6) is 0 Å². The van der Waals surface area contributed by atoms with Gasteiger partial charge in [-0.15, -0.1) is 0 Å². The summed E-state index contributed by atoms with van der Waals surface area (Å²) in [7, 11) is 0. The highest BCUT2D eigenvalue weighted by Crippen LogP contribution is 2.21. The Labute approximate surface area is 119 Å². The van der Waals surface area contributed by atoms with Crippen LogP contribution in [0.4, 0.5) is 5.69 Å². The minimum absolute atomic E-state index is 0.568. The summed E-state index contributed by atoms with van der Waals surface area (Å²) in [5.41, 5.74) is 0.949. The molecule has 0 aliphatic carbocycles. The van der Waals surface area contributed by atoms with E-state index >= 15 is 0 Å². The average molecular weight is 289 g/mol. The van der Waals surface area contributed by atoms with Crippen molar-refractivity contribution in [3.8, 4) is 0 Å². The molecule has 0 unspecified atom stereocenters. The lowest BCUT2D eigenvalue weighted by molar-refractivity contribution is 0.503. The van der Waals surface area contributed by atoms with Crippen molar-refractivity contribution < 1.29 is 4.42 Å². The van der Waals surface area contributed by atoms with Crippen LogP contribution >= 0.6 is 23.8 Å². The summed E-state index contributed by atoms with van der Waals surface area (Å²) in [6.07, 6.45) is 3.50. The third-order valence-corrected chi connectivity index (χ3v) is 3.64. The van der Waals surface area contributed by atoms with Gasteiger partial charge < -0.3 is 15.1 Å². The van der Waals surface area contributed by atoms with E-state index in [-0.39, 0.29) is 0 Å². The van der Waals surface area contributed by atoms with E-state index in [0.717, 1.165) is 16.8 Å². The summed E-state index contributed by atoms with van der Waals surface area (Å²) >= 11 is 6.72. The SMILES string of the molecule is S=C(NCc1ccco1)Nc1ccc2sncc2c1. The van der Waals surface area contributed by atoms with Crippen molar-refractivity contribution in [2.45, 2.75) is 6.54 Å². The van der Waals surface area contributed by atoms with Crippen molar-refractivity contribution in [1.29, 1.82) is 0 Å². The van der Waals surface area contributed by atoms with Crippen LogP contribution in [0.25, 0.3) is 10.1 Å². The summed E-state index contributed by atoms with van der Waals surface area (Å²) in [6, 6.07) is 9.80. The van der Waals surface area contributed by atoms with E-state index in [1.807, 2.05) is 36.5 Å². The lowest BCUT2D eigenvalue weighted by Gasteiger charge is -2.09. The Balaban J connectivity index is 1.62. The standard InChI is InChI=1S/C13H11N3OS2/c18-13(14-8-11-2-1-5-17-11)16-10-3-4-12-9(6-10)7-15-19-12/h1-7H,8H2,(H2,14,16,18). The number of hydrogen-bond donors (Lipinski definition) is 2. The molecule has 2 heterocycles. The van der Waals surface area contributed by atoms with E-state index in [1.165, 1.54) is 16.2 Å². The molecule has 6 heteroatoms. The summed E-state index contributed by atoms with van der Waals surface area (Å²) in [5.74, 6) is 0.849. The van der Waals surface area contributed by atoms with Crippen molar-refractivity contribution in [3.05, 3.63) is 48.6 Å². The van der Waals surface area contributed by atoms with E-state index < -0.39 is 0 Å². The zero-order valence-electron chi connectivity index (χ0n) is 9.92. The molecule has 0 aliphatic rings. The summed E-state index contributed by atoms with van der Waals surface area (Å²) in [4.78, 5) is 0. The first-order valence-electron chi connectivity index (χ1n) is 5.73. The monoisotopic (exact) mass is 289 g/mol. The molecule has 0 fully saturated rings. The Hall–Kier alpha value is -1.92. The van der Waals surface area contributed by atoms with Gasteiger partial charge in [0.2, 0.25) is 0 Å². The fourth-order valence-electron chi connectivity index (χ4n) is 1.71. The molecule has 19 heavy (non-hydrogen) atoms. The topological polar surface area (TPSA) is 50.1 Å². The fraction of sp³-hybridized carbons (Fsp3) is 0.0769. The molecular weight excluding hydrogens is 278 g/mol. The van der Waals surface area contributed by atoms with Gasteiger partial charge in [-0.25, -0.2) is 0 Å². The molecule has 3 rings (SSSR count). The van der Waals surface area contributed by atoms with E-state index in [4.69, 9.17) is 16.6 Å². The number of nitrogens with zero attached hydrogens (tertiary/aromatic N) is 1. The molecule has 0 amide bonds. The summed E-state index contributed by atoms with van der Waals surface area (Å²) in [6.45, 7) is 0.571. The predicted molar refractivity (Wildman–Crippen MR) is 81.4 cm³/mol. The zero-order chi connectivity index (χ0) is 13.1. The van der Waals surface area contributed by atoms with Crippen molar-refractivity contribution in [1.82, 2.24) is 9.69 Å². The minimum Gasteiger partial charge on any atom is -0.467 e.